The molecule has 1 aliphatic rings. The summed E-state index contributed by atoms with van der Waals surface area (Å²) < 4.78 is 6.53. The van der Waals surface area contributed by atoms with E-state index in [0.29, 0.717) is 0 Å². The smallest absolute Gasteiger partial charge is 0.155 e. The van der Waals surface area contributed by atoms with Crippen molar-refractivity contribution in [2.24, 2.45) is 0 Å². The molecule has 0 saturated carbocycles. The van der Waals surface area contributed by atoms with E-state index < -0.39 is 0 Å². The number of ether oxygens (including phenoxy) is 1. The molecule has 0 spiro atoms. The Kier molecular flexibility index (Phi) is 6.39. The van der Waals surface area contributed by atoms with Gasteiger partial charge in [-0.15, -0.1) is 0 Å². The van der Waals surface area contributed by atoms with E-state index in [1.54, 1.807) is 0 Å². The van der Waals surface area contributed by atoms with Gasteiger partial charge in [-0.2, -0.15) is 0 Å². The summed E-state index contributed by atoms with van der Waals surface area (Å²) in [5.41, 5.74) is 4.79. The molecule has 1 heterocycles. The highest BCUT2D eigenvalue weighted by molar-refractivity contribution is 5.80. The van der Waals surface area contributed by atoms with Crippen molar-refractivity contribution < 1.29 is 4.74 Å². The number of hydrogen-bond acceptors (Lipinski definition) is 3. The van der Waals surface area contributed by atoms with Crippen LogP contribution in [0.2, 0.25) is 0 Å². The lowest BCUT2D eigenvalue weighted by atomic mass is 9.98. The van der Waals surface area contributed by atoms with Gasteiger partial charge in [0.15, 0.2) is 11.5 Å². The van der Waals surface area contributed by atoms with Crippen molar-refractivity contribution in [1.82, 2.24) is 5.32 Å². The van der Waals surface area contributed by atoms with Crippen LogP contribution in [-0.2, 0) is 0 Å². The lowest BCUT2D eigenvalue weighted by Gasteiger charge is -2.38. The first-order chi connectivity index (χ1) is 14.7. The van der Waals surface area contributed by atoms with Gasteiger partial charge in [-0.3, -0.25) is 0 Å². The van der Waals surface area contributed by atoms with E-state index in [1.807, 2.05) is 0 Å². The van der Waals surface area contributed by atoms with Crippen LogP contribution in [-0.4, -0.2) is 6.54 Å². The van der Waals surface area contributed by atoms with Crippen LogP contribution in [0.5, 0.6) is 11.5 Å². The van der Waals surface area contributed by atoms with E-state index in [1.165, 1.54) is 24.0 Å². The minimum atomic E-state index is 0.193. The molecular formula is C27H32N2O. The molecule has 30 heavy (non-hydrogen) atoms. The van der Waals surface area contributed by atoms with Gasteiger partial charge in [-0.1, -0.05) is 74.9 Å². The van der Waals surface area contributed by atoms with Crippen LogP contribution in [0.15, 0.2) is 72.8 Å². The van der Waals surface area contributed by atoms with E-state index in [-0.39, 0.29) is 12.1 Å². The van der Waals surface area contributed by atoms with Crippen molar-refractivity contribution in [3.8, 4) is 11.5 Å². The number of rotatable bonds is 8. The molecule has 3 nitrogen and oxygen atoms in total. The normalized spacial score (nSPS) is 14.4. The standard InChI is InChI=1S/C27H32N2O/c1-4-6-19-28-23(5-2)22-15-12-17-25-27(22)30-26-18-11-10-16-24(26)29(25)20(3)21-13-8-7-9-14-21/h7-18,20,23,28H,4-6,19H2,1-3H3. The maximum absolute atomic E-state index is 6.53. The topological polar surface area (TPSA) is 24.5 Å². The number of nitrogens with one attached hydrogen (secondary N) is 1. The Morgan fingerprint density at radius 2 is 1.60 bits per heavy atom. The zero-order valence-corrected chi connectivity index (χ0v) is 18.3. The number of benzene rings is 3. The van der Waals surface area contributed by atoms with Crippen LogP contribution in [0.4, 0.5) is 11.4 Å². The first-order valence-electron chi connectivity index (χ1n) is 11.2. The number of anilines is 2. The van der Waals surface area contributed by atoms with Crippen molar-refractivity contribution >= 4 is 11.4 Å². The van der Waals surface area contributed by atoms with Crippen LogP contribution in [0.25, 0.3) is 0 Å². The van der Waals surface area contributed by atoms with Crippen molar-refractivity contribution in [3.05, 3.63) is 83.9 Å². The van der Waals surface area contributed by atoms with Crippen molar-refractivity contribution in [2.45, 2.75) is 52.1 Å². The summed E-state index contributed by atoms with van der Waals surface area (Å²) in [4.78, 5) is 2.42. The summed E-state index contributed by atoms with van der Waals surface area (Å²) in [6.07, 6.45) is 3.41. The molecule has 1 aliphatic heterocycles. The summed E-state index contributed by atoms with van der Waals surface area (Å²) in [5, 5.41) is 3.74. The predicted molar refractivity (Wildman–Crippen MR) is 126 cm³/mol. The van der Waals surface area contributed by atoms with E-state index in [2.05, 4.69) is 104 Å². The molecule has 2 atom stereocenters. The Balaban J connectivity index is 1.79. The van der Waals surface area contributed by atoms with Crippen molar-refractivity contribution in [3.63, 3.8) is 0 Å². The van der Waals surface area contributed by atoms with Crippen molar-refractivity contribution in [1.29, 1.82) is 0 Å². The highest BCUT2D eigenvalue weighted by Gasteiger charge is 2.31. The van der Waals surface area contributed by atoms with E-state index in [4.69, 9.17) is 4.74 Å². The van der Waals surface area contributed by atoms with E-state index >= 15 is 0 Å². The van der Waals surface area contributed by atoms with Gasteiger partial charge < -0.3 is 15.0 Å². The molecule has 0 amide bonds. The molecule has 0 fully saturated rings. The molecule has 3 heteroatoms. The Morgan fingerprint density at radius 3 is 2.37 bits per heavy atom. The Hall–Kier alpha value is -2.78. The fourth-order valence-electron chi connectivity index (χ4n) is 4.32. The molecule has 156 valence electrons. The Bertz CT molecular complexity index is 970. The number of fused-ring (bicyclic) bond motifs is 2. The van der Waals surface area contributed by atoms with E-state index in [9.17, 15) is 0 Å². The highest BCUT2D eigenvalue weighted by atomic mass is 16.5. The number of hydrogen-bond donors (Lipinski definition) is 1. The Labute approximate surface area is 180 Å². The zero-order valence-electron chi connectivity index (χ0n) is 18.3. The minimum Gasteiger partial charge on any atom is -0.453 e. The minimum absolute atomic E-state index is 0.193. The lowest BCUT2D eigenvalue weighted by Crippen LogP contribution is -2.27. The molecule has 0 bridgehead atoms. The molecule has 4 rings (SSSR count). The summed E-state index contributed by atoms with van der Waals surface area (Å²) in [6, 6.07) is 26.1. The molecule has 0 aliphatic carbocycles. The fraction of sp³-hybridized carbons (Fsp3) is 0.333. The van der Waals surface area contributed by atoms with Crippen LogP contribution in [0.3, 0.4) is 0 Å². The first-order valence-corrected chi connectivity index (χ1v) is 11.2. The molecule has 2 unspecified atom stereocenters. The number of unbranched alkanes of at least 4 members (excludes halogenated alkanes) is 1. The SMILES string of the molecule is CCCCNC(CC)c1cccc2c1Oc1ccccc1N2C(C)c1ccccc1. The van der Waals surface area contributed by atoms with Gasteiger partial charge >= 0.3 is 0 Å². The maximum atomic E-state index is 6.53. The van der Waals surface area contributed by atoms with Crippen LogP contribution >= 0.6 is 0 Å². The largest absolute Gasteiger partial charge is 0.453 e. The average molecular weight is 401 g/mol. The fourth-order valence-corrected chi connectivity index (χ4v) is 4.32. The first kappa shape index (κ1) is 20.5. The molecular weight excluding hydrogens is 368 g/mol. The second-order valence-electron chi connectivity index (χ2n) is 7.99. The Morgan fingerprint density at radius 1 is 0.867 bits per heavy atom. The van der Waals surface area contributed by atoms with Crippen LogP contribution in [0.1, 0.15) is 63.2 Å². The molecule has 3 aromatic carbocycles. The maximum Gasteiger partial charge on any atom is 0.155 e. The second kappa shape index (κ2) is 9.36. The summed E-state index contributed by atoms with van der Waals surface area (Å²) >= 11 is 0. The number of nitrogens with zero attached hydrogens (tertiary/aromatic N) is 1. The van der Waals surface area contributed by atoms with E-state index in [0.717, 1.165) is 35.8 Å². The quantitative estimate of drug-likeness (QED) is 0.395. The number of para-hydroxylation sites is 3. The zero-order chi connectivity index (χ0) is 20.9. The third-order valence-corrected chi connectivity index (χ3v) is 6.00. The third kappa shape index (κ3) is 3.95. The second-order valence-corrected chi connectivity index (χ2v) is 7.99. The van der Waals surface area contributed by atoms with Gasteiger partial charge in [0.25, 0.3) is 0 Å². The molecule has 0 radical (unpaired) electrons. The molecule has 3 aromatic rings. The predicted octanol–water partition coefficient (Wildman–Crippen LogP) is 7.53. The van der Waals surface area contributed by atoms with Gasteiger partial charge in [0.2, 0.25) is 0 Å². The monoisotopic (exact) mass is 400 g/mol. The lowest BCUT2D eigenvalue weighted by molar-refractivity contribution is 0.438. The highest BCUT2D eigenvalue weighted by Crippen LogP contribution is 2.52. The third-order valence-electron chi connectivity index (χ3n) is 6.00. The summed E-state index contributed by atoms with van der Waals surface area (Å²) in [5.74, 6) is 1.90. The molecule has 0 saturated heterocycles. The van der Waals surface area contributed by atoms with Gasteiger partial charge in [0.05, 0.1) is 17.4 Å². The molecule has 0 aromatic heterocycles. The van der Waals surface area contributed by atoms with Crippen molar-refractivity contribution in [2.75, 3.05) is 11.4 Å². The van der Waals surface area contributed by atoms with Gasteiger partial charge in [-0.05, 0) is 50.1 Å². The van der Waals surface area contributed by atoms with Gasteiger partial charge in [0, 0.05) is 11.6 Å². The van der Waals surface area contributed by atoms with Gasteiger partial charge in [-0.25, -0.2) is 0 Å². The average Bonchev–Trinajstić information content (AvgIpc) is 2.80. The van der Waals surface area contributed by atoms with Gasteiger partial charge in [0.1, 0.15) is 0 Å². The summed E-state index contributed by atoms with van der Waals surface area (Å²) in [6.45, 7) is 7.77. The van der Waals surface area contributed by atoms with Crippen LogP contribution in [0, 0.1) is 0 Å². The molecule has 1 N–H and O–H groups in total. The summed E-state index contributed by atoms with van der Waals surface area (Å²) in [7, 11) is 0. The van der Waals surface area contributed by atoms with Crippen LogP contribution < -0.4 is 15.0 Å².